The summed E-state index contributed by atoms with van der Waals surface area (Å²) in [4.78, 5) is 11.8. The number of carbonyl (C=O) groups is 1. The molecule has 0 aliphatic rings. The highest BCUT2D eigenvalue weighted by atomic mass is 16.5. The lowest BCUT2D eigenvalue weighted by molar-refractivity contribution is -0.124. The molecule has 0 saturated heterocycles. The van der Waals surface area contributed by atoms with E-state index in [0.717, 1.165) is 31.7 Å². The zero-order valence-corrected chi connectivity index (χ0v) is 13.7. The Morgan fingerprint density at radius 2 is 1.86 bits per heavy atom. The van der Waals surface area contributed by atoms with Crippen molar-refractivity contribution in [3.63, 3.8) is 0 Å². The summed E-state index contributed by atoms with van der Waals surface area (Å²) in [5, 5.41) is 6.30. The minimum atomic E-state index is -0.185. The molecule has 0 spiro atoms. The van der Waals surface area contributed by atoms with Crippen molar-refractivity contribution in [3.05, 3.63) is 29.8 Å². The lowest BCUT2D eigenvalue weighted by Gasteiger charge is -2.24. The van der Waals surface area contributed by atoms with Crippen LogP contribution in [0.3, 0.4) is 0 Å². The van der Waals surface area contributed by atoms with Crippen molar-refractivity contribution in [1.29, 1.82) is 0 Å². The van der Waals surface area contributed by atoms with Crippen LogP contribution in [0, 0.1) is 0 Å². The van der Waals surface area contributed by atoms with E-state index in [1.807, 2.05) is 45.0 Å². The third-order valence-electron chi connectivity index (χ3n) is 3.41. The van der Waals surface area contributed by atoms with E-state index in [1.165, 1.54) is 5.56 Å². The van der Waals surface area contributed by atoms with Crippen LogP contribution in [0.2, 0.25) is 0 Å². The normalized spacial score (nSPS) is 11.2. The molecule has 0 unspecified atom stereocenters. The summed E-state index contributed by atoms with van der Waals surface area (Å²) in [5.41, 5.74) is 1.03. The number of rotatable bonds is 9. The Balaban J connectivity index is 2.37. The predicted octanol–water partition coefficient (Wildman–Crippen LogP) is 2.87. The van der Waals surface area contributed by atoms with Gasteiger partial charge in [-0.15, -0.1) is 0 Å². The van der Waals surface area contributed by atoms with Crippen molar-refractivity contribution in [1.82, 2.24) is 10.6 Å². The lowest BCUT2D eigenvalue weighted by atomic mass is 10.0. The van der Waals surface area contributed by atoms with E-state index in [2.05, 4.69) is 17.6 Å². The molecule has 2 N–H and O–H groups in total. The molecule has 0 atom stereocenters. The van der Waals surface area contributed by atoms with Crippen molar-refractivity contribution in [2.75, 3.05) is 13.2 Å². The van der Waals surface area contributed by atoms with E-state index in [0.29, 0.717) is 0 Å². The summed E-state index contributed by atoms with van der Waals surface area (Å²) in [5.74, 6) is 0.634. The predicted molar refractivity (Wildman–Crippen MR) is 86.4 cm³/mol. The van der Waals surface area contributed by atoms with Gasteiger partial charge < -0.3 is 15.4 Å². The maximum Gasteiger partial charge on any atom is 0.258 e. The van der Waals surface area contributed by atoms with Crippen LogP contribution in [0.15, 0.2) is 24.3 Å². The quantitative estimate of drug-likeness (QED) is 0.688. The van der Waals surface area contributed by atoms with Gasteiger partial charge >= 0.3 is 0 Å². The smallest absolute Gasteiger partial charge is 0.258 e. The van der Waals surface area contributed by atoms with Gasteiger partial charge in [0.25, 0.3) is 5.91 Å². The molecule has 1 amide bonds. The van der Waals surface area contributed by atoms with Crippen LogP contribution in [0.25, 0.3) is 0 Å². The summed E-state index contributed by atoms with van der Waals surface area (Å²) in [6.07, 6.45) is 2.02. The van der Waals surface area contributed by atoms with Crippen LogP contribution < -0.4 is 15.4 Å². The molecular formula is C17H28N2O2. The molecule has 4 heteroatoms. The average Bonchev–Trinajstić information content (AvgIpc) is 2.46. The highest BCUT2D eigenvalue weighted by molar-refractivity contribution is 5.78. The zero-order chi connectivity index (χ0) is 15.7. The fourth-order valence-corrected chi connectivity index (χ4v) is 1.76. The Bertz CT molecular complexity index is 427. The van der Waals surface area contributed by atoms with Crippen LogP contribution in [-0.4, -0.2) is 24.6 Å². The van der Waals surface area contributed by atoms with Gasteiger partial charge in [-0.1, -0.05) is 26.0 Å². The standard InChI is InChI=1S/C17H28N2O2/c1-5-11-18-12-14-7-9-15(10-8-14)21-13-16(20)19-17(3,4)6-2/h7-10,18H,5-6,11-13H2,1-4H3,(H,19,20). The van der Waals surface area contributed by atoms with E-state index in [4.69, 9.17) is 4.74 Å². The summed E-state index contributed by atoms with van der Waals surface area (Å²) in [6.45, 7) is 10.1. The molecular weight excluding hydrogens is 264 g/mol. The number of amides is 1. The third kappa shape index (κ3) is 7.14. The minimum absolute atomic E-state index is 0.0524. The molecule has 4 nitrogen and oxygen atoms in total. The van der Waals surface area contributed by atoms with Crippen LogP contribution in [-0.2, 0) is 11.3 Å². The fourth-order valence-electron chi connectivity index (χ4n) is 1.76. The molecule has 0 saturated carbocycles. The number of nitrogens with one attached hydrogen (secondary N) is 2. The number of carbonyl (C=O) groups excluding carboxylic acids is 1. The minimum Gasteiger partial charge on any atom is -0.484 e. The van der Waals surface area contributed by atoms with Gasteiger partial charge in [0, 0.05) is 12.1 Å². The van der Waals surface area contributed by atoms with Crippen molar-refractivity contribution >= 4 is 5.91 Å². The van der Waals surface area contributed by atoms with Gasteiger partial charge in [-0.3, -0.25) is 4.79 Å². The number of hydrogen-bond acceptors (Lipinski definition) is 3. The number of hydrogen-bond donors (Lipinski definition) is 2. The molecule has 0 radical (unpaired) electrons. The van der Waals surface area contributed by atoms with E-state index >= 15 is 0 Å². The Kier molecular flexibility index (Phi) is 7.23. The first kappa shape index (κ1) is 17.5. The van der Waals surface area contributed by atoms with E-state index in [-0.39, 0.29) is 18.1 Å². The first-order valence-corrected chi connectivity index (χ1v) is 7.70. The second kappa shape index (κ2) is 8.67. The zero-order valence-electron chi connectivity index (χ0n) is 13.7. The van der Waals surface area contributed by atoms with Crippen LogP contribution in [0.4, 0.5) is 0 Å². The average molecular weight is 292 g/mol. The maximum absolute atomic E-state index is 11.8. The summed E-state index contributed by atoms with van der Waals surface area (Å²) >= 11 is 0. The van der Waals surface area contributed by atoms with Crippen LogP contribution >= 0.6 is 0 Å². The molecule has 118 valence electrons. The topological polar surface area (TPSA) is 50.4 Å². The molecule has 1 aromatic carbocycles. The fraction of sp³-hybridized carbons (Fsp3) is 0.588. The molecule has 0 heterocycles. The molecule has 0 aliphatic carbocycles. The summed E-state index contributed by atoms with van der Waals surface area (Å²) in [7, 11) is 0. The van der Waals surface area contributed by atoms with Gasteiger partial charge in [0.15, 0.2) is 6.61 Å². The van der Waals surface area contributed by atoms with Gasteiger partial charge in [-0.2, -0.15) is 0 Å². The molecule has 0 fully saturated rings. The van der Waals surface area contributed by atoms with Crippen molar-refractivity contribution < 1.29 is 9.53 Å². The highest BCUT2D eigenvalue weighted by Gasteiger charge is 2.17. The van der Waals surface area contributed by atoms with Gasteiger partial charge in [0.2, 0.25) is 0 Å². The van der Waals surface area contributed by atoms with Crippen molar-refractivity contribution in [3.8, 4) is 5.75 Å². The molecule has 21 heavy (non-hydrogen) atoms. The van der Waals surface area contributed by atoms with Crippen LogP contribution in [0.1, 0.15) is 46.1 Å². The van der Waals surface area contributed by atoms with Crippen molar-refractivity contribution in [2.45, 2.75) is 52.6 Å². The van der Waals surface area contributed by atoms with Gasteiger partial charge in [0.1, 0.15) is 5.75 Å². The molecule has 0 bridgehead atoms. The number of ether oxygens (including phenoxy) is 1. The second-order valence-electron chi connectivity index (χ2n) is 5.90. The van der Waals surface area contributed by atoms with E-state index in [1.54, 1.807) is 0 Å². The largest absolute Gasteiger partial charge is 0.484 e. The molecule has 1 aromatic rings. The Morgan fingerprint density at radius 3 is 2.43 bits per heavy atom. The molecule has 1 rings (SSSR count). The lowest BCUT2D eigenvalue weighted by Crippen LogP contribution is -2.44. The van der Waals surface area contributed by atoms with E-state index in [9.17, 15) is 4.79 Å². The Labute approximate surface area is 128 Å². The van der Waals surface area contributed by atoms with Gasteiger partial charge in [0.05, 0.1) is 0 Å². The molecule has 0 aromatic heterocycles. The molecule has 0 aliphatic heterocycles. The Hall–Kier alpha value is -1.55. The summed E-state index contributed by atoms with van der Waals surface area (Å²) in [6, 6.07) is 7.85. The van der Waals surface area contributed by atoms with Crippen LogP contribution in [0.5, 0.6) is 5.75 Å². The maximum atomic E-state index is 11.8. The monoisotopic (exact) mass is 292 g/mol. The SMILES string of the molecule is CCCNCc1ccc(OCC(=O)NC(C)(C)CC)cc1. The third-order valence-corrected chi connectivity index (χ3v) is 3.41. The first-order chi connectivity index (χ1) is 9.96. The first-order valence-electron chi connectivity index (χ1n) is 7.70. The highest BCUT2D eigenvalue weighted by Crippen LogP contribution is 2.12. The van der Waals surface area contributed by atoms with Gasteiger partial charge in [-0.05, 0) is 50.9 Å². The number of benzene rings is 1. The van der Waals surface area contributed by atoms with E-state index < -0.39 is 0 Å². The van der Waals surface area contributed by atoms with Gasteiger partial charge in [-0.25, -0.2) is 0 Å². The van der Waals surface area contributed by atoms with Crippen molar-refractivity contribution in [2.24, 2.45) is 0 Å². The summed E-state index contributed by atoms with van der Waals surface area (Å²) < 4.78 is 5.51. The second-order valence-corrected chi connectivity index (χ2v) is 5.90. The Morgan fingerprint density at radius 1 is 1.19 bits per heavy atom.